The minimum Gasteiger partial charge on any atom is -0.490 e. The number of rotatable bonds is 8. The van der Waals surface area contributed by atoms with E-state index in [2.05, 4.69) is 11.4 Å². The lowest BCUT2D eigenvalue weighted by Gasteiger charge is -2.13. The Balaban J connectivity index is 2.64. The molecule has 18 heavy (non-hydrogen) atoms. The summed E-state index contributed by atoms with van der Waals surface area (Å²) in [5.41, 5.74) is 0.986. The third-order valence-electron chi connectivity index (χ3n) is 2.34. The lowest BCUT2D eigenvalue weighted by Crippen LogP contribution is -2.03. The molecule has 0 aliphatic rings. The molecule has 1 aromatic carbocycles. The highest BCUT2D eigenvalue weighted by Crippen LogP contribution is 2.30. The fraction of sp³-hybridized carbons (Fsp3) is 0.500. The summed E-state index contributed by atoms with van der Waals surface area (Å²) in [6.07, 6.45) is 1.41. The Kier molecular flexibility index (Phi) is 6.49. The van der Waals surface area contributed by atoms with Gasteiger partial charge in [-0.15, -0.1) is 0 Å². The Bertz CT molecular complexity index is 399. The van der Waals surface area contributed by atoms with Gasteiger partial charge in [0.05, 0.1) is 19.3 Å². The van der Waals surface area contributed by atoms with Crippen molar-refractivity contribution in [3.63, 3.8) is 0 Å². The number of hydrogen-bond acceptors (Lipinski definition) is 4. The van der Waals surface area contributed by atoms with Crippen molar-refractivity contribution in [2.45, 2.75) is 26.7 Å². The van der Waals surface area contributed by atoms with Gasteiger partial charge < -0.3 is 14.8 Å². The predicted molar refractivity (Wildman–Crippen MR) is 72.1 cm³/mol. The largest absolute Gasteiger partial charge is 0.490 e. The van der Waals surface area contributed by atoms with Crippen LogP contribution in [-0.4, -0.2) is 19.8 Å². The van der Waals surface area contributed by atoms with Crippen LogP contribution in [0, 0.1) is 11.3 Å². The van der Waals surface area contributed by atoms with E-state index in [0.717, 1.165) is 30.2 Å². The molecule has 98 valence electrons. The number of nitriles is 1. The molecule has 0 saturated carbocycles. The van der Waals surface area contributed by atoms with Crippen molar-refractivity contribution in [1.29, 1.82) is 5.26 Å². The van der Waals surface area contributed by atoms with Gasteiger partial charge in [0.25, 0.3) is 0 Å². The predicted octanol–water partition coefficient (Wildman–Crippen LogP) is 3.20. The quantitative estimate of drug-likeness (QED) is 0.718. The van der Waals surface area contributed by atoms with Crippen molar-refractivity contribution >= 4 is 5.69 Å². The second-order valence-electron chi connectivity index (χ2n) is 3.72. The number of anilines is 1. The van der Waals surface area contributed by atoms with Crippen molar-refractivity contribution in [3.05, 3.63) is 18.2 Å². The highest BCUT2D eigenvalue weighted by molar-refractivity contribution is 5.54. The van der Waals surface area contributed by atoms with Crippen molar-refractivity contribution < 1.29 is 9.47 Å². The molecule has 0 saturated heterocycles. The van der Waals surface area contributed by atoms with E-state index in [0.29, 0.717) is 19.6 Å². The topological polar surface area (TPSA) is 54.3 Å². The fourth-order valence-corrected chi connectivity index (χ4v) is 1.56. The van der Waals surface area contributed by atoms with Crippen LogP contribution >= 0.6 is 0 Å². The van der Waals surface area contributed by atoms with Gasteiger partial charge in [-0.25, -0.2) is 0 Å². The lowest BCUT2D eigenvalue weighted by molar-refractivity contribution is 0.288. The molecule has 0 spiro atoms. The van der Waals surface area contributed by atoms with Crippen LogP contribution in [0.25, 0.3) is 0 Å². The average Bonchev–Trinajstić information content (AvgIpc) is 2.38. The summed E-state index contributed by atoms with van der Waals surface area (Å²) in [5.74, 6) is 1.52. The third-order valence-corrected chi connectivity index (χ3v) is 2.34. The minimum absolute atomic E-state index is 0.572. The van der Waals surface area contributed by atoms with Crippen molar-refractivity contribution in [3.8, 4) is 17.6 Å². The molecule has 0 aliphatic heterocycles. The first-order valence-electron chi connectivity index (χ1n) is 6.32. The molecular weight excluding hydrogens is 228 g/mol. The van der Waals surface area contributed by atoms with Gasteiger partial charge in [0.2, 0.25) is 0 Å². The van der Waals surface area contributed by atoms with Crippen LogP contribution in [0.3, 0.4) is 0 Å². The smallest absolute Gasteiger partial charge is 0.163 e. The van der Waals surface area contributed by atoms with E-state index in [4.69, 9.17) is 14.7 Å². The number of benzene rings is 1. The zero-order chi connectivity index (χ0) is 13.2. The zero-order valence-corrected chi connectivity index (χ0v) is 11.0. The van der Waals surface area contributed by atoms with E-state index in [-0.39, 0.29) is 0 Å². The van der Waals surface area contributed by atoms with E-state index < -0.39 is 0 Å². The number of nitrogens with zero attached hydrogens (tertiary/aromatic N) is 1. The van der Waals surface area contributed by atoms with Crippen molar-refractivity contribution in [2.75, 3.05) is 25.1 Å². The first-order valence-corrected chi connectivity index (χ1v) is 6.32. The number of unbranched alkanes of at least 4 members (excludes halogenated alkanes) is 1. The molecule has 0 radical (unpaired) electrons. The van der Waals surface area contributed by atoms with E-state index in [1.165, 1.54) is 0 Å². The highest BCUT2D eigenvalue weighted by Gasteiger charge is 2.05. The number of nitrogens with one attached hydrogen (secondary N) is 1. The summed E-state index contributed by atoms with van der Waals surface area (Å²) in [4.78, 5) is 0. The molecule has 0 heterocycles. The van der Waals surface area contributed by atoms with E-state index in [1.54, 1.807) is 0 Å². The maximum Gasteiger partial charge on any atom is 0.163 e. The normalized spacial score (nSPS) is 9.61. The van der Waals surface area contributed by atoms with Gasteiger partial charge in [0.15, 0.2) is 11.5 Å². The van der Waals surface area contributed by atoms with Gasteiger partial charge in [0.1, 0.15) is 0 Å². The molecule has 1 N–H and O–H groups in total. The lowest BCUT2D eigenvalue weighted by atomic mass is 10.2. The zero-order valence-electron chi connectivity index (χ0n) is 11.0. The van der Waals surface area contributed by atoms with Crippen molar-refractivity contribution in [1.82, 2.24) is 0 Å². The first-order chi connectivity index (χ1) is 8.81. The maximum absolute atomic E-state index is 8.46. The van der Waals surface area contributed by atoms with E-state index in [1.807, 2.05) is 32.0 Å². The van der Waals surface area contributed by atoms with Crippen LogP contribution < -0.4 is 14.8 Å². The summed E-state index contributed by atoms with van der Waals surface area (Å²) in [6, 6.07) is 7.92. The highest BCUT2D eigenvalue weighted by atomic mass is 16.5. The Morgan fingerprint density at radius 3 is 2.56 bits per heavy atom. The SMILES string of the molecule is CCOc1ccc(NCCCC#N)cc1OCC. The Morgan fingerprint density at radius 2 is 1.89 bits per heavy atom. The van der Waals surface area contributed by atoms with Crippen LogP contribution in [-0.2, 0) is 0 Å². The molecule has 1 rings (SSSR count). The maximum atomic E-state index is 8.46. The standard InChI is InChI=1S/C14H20N2O2/c1-3-17-13-8-7-12(11-14(13)18-4-2)16-10-6-5-9-15/h7-8,11,16H,3-6,10H2,1-2H3. The molecular formula is C14H20N2O2. The van der Waals surface area contributed by atoms with Crippen LogP contribution in [0.5, 0.6) is 11.5 Å². The second-order valence-corrected chi connectivity index (χ2v) is 3.72. The van der Waals surface area contributed by atoms with Gasteiger partial charge >= 0.3 is 0 Å². The molecule has 0 aromatic heterocycles. The molecule has 4 heteroatoms. The third kappa shape index (κ3) is 4.54. The molecule has 0 aliphatic carbocycles. The molecule has 0 atom stereocenters. The molecule has 0 fully saturated rings. The Hall–Kier alpha value is -1.89. The minimum atomic E-state index is 0.572. The Morgan fingerprint density at radius 1 is 1.17 bits per heavy atom. The van der Waals surface area contributed by atoms with Crippen LogP contribution in [0.15, 0.2) is 18.2 Å². The summed E-state index contributed by atoms with van der Waals surface area (Å²) < 4.78 is 11.0. The molecule has 0 unspecified atom stereocenters. The van der Waals surface area contributed by atoms with Crippen molar-refractivity contribution in [2.24, 2.45) is 0 Å². The summed E-state index contributed by atoms with van der Waals surface area (Å²) in [6.45, 7) is 5.91. The van der Waals surface area contributed by atoms with Crippen LogP contribution in [0.1, 0.15) is 26.7 Å². The summed E-state index contributed by atoms with van der Waals surface area (Å²) in [5, 5.41) is 11.7. The summed E-state index contributed by atoms with van der Waals surface area (Å²) in [7, 11) is 0. The van der Waals surface area contributed by atoms with Gasteiger partial charge in [-0.1, -0.05) is 0 Å². The monoisotopic (exact) mass is 248 g/mol. The van der Waals surface area contributed by atoms with E-state index in [9.17, 15) is 0 Å². The van der Waals surface area contributed by atoms with E-state index >= 15 is 0 Å². The van der Waals surface area contributed by atoms with Crippen LogP contribution in [0.4, 0.5) is 5.69 Å². The molecule has 0 amide bonds. The number of ether oxygens (including phenoxy) is 2. The molecule has 0 bridgehead atoms. The molecule has 4 nitrogen and oxygen atoms in total. The second kappa shape index (κ2) is 8.24. The van der Waals surface area contributed by atoms with Gasteiger partial charge in [-0.3, -0.25) is 0 Å². The molecule has 1 aromatic rings. The summed E-state index contributed by atoms with van der Waals surface area (Å²) >= 11 is 0. The average molecular weight is 248 g/mol. The first kappa shape index (κ1) is 14.2. The van der Waals surface area contributed by atoms with Gasteiger partial charge in [0, 0.05) is 24.7 Å². The fourth-order valence-electron chi connectivity index (χ4n) is 1.56. The van der Waals surface area contributed by atoms with Gasteiger partial charge in [-0.05, 0) is 32.4 Å². The van der Waals surface area contributed by atoms with Crippen LogP contribution in [0.2, 0.25) is 0 Å². The van der Waals surface area contributed by atoms with Gasteiger partial charge in [-0.2, -0.15) is 5.26 Å². The Labute approximate surface area is 109 Å². The number of hydrogen-bond donors (Lipinski definition) is 1.